The predicted octanol–water partition coefficient (Wildman–Crippen LogP) is 1.57. The van der Waals surface area contributed by atoms with Crippen LogP contribution in [0, 0.1) is 0 Å². The molecule has 1 saturated heterocycles. The second kappa shape index (κ2) is 5.65. The number of rotatable bonds is 3. The van der Waals surface area contributed by atoms with Crippen molar-refractivity contribution in [3.05, 3.63) is 0 Å². The zero-order chi connectivity index (χ0) is 11.3. The van der Waals surface area contributed by atoms with E-state index in [0.717, 1.165) is 0 Å². The smallest absolute Gasteiger partial charge is 0.315 e. The SMILES string of the molecule is FCCN1CCNCCC1CC(F)(F)F. The number of hydrogen-bond acceptors (Lipinski definition) is 2. The summed E-state index contributed by atoms with van der Waals surface area (Å²) in [5.41, 5.74) is 0. The fourth-order valence-electron chi connectivity index (χ4n) is 1.88. The van der Waals surface area contributed by atoms with Crippen LogP contribution in [0.3, 0.4) is 0 Å². The number of hydrogen-bond donors (Lipinski definition) is 1. The molecular formula is C9H16F4N2. The molecular weight excluding hydrogens is 212 g/mol. The van der Waals surface area contributed by atoms with E-state index in [1.165, 1.54) is 0 Å². The first kappa shape index (κ1) is 12.7. The summed E-state index contributed by atoms with van der Waals surface area (Å²) in [6.45, 7) is 1.21. The third-order valence-corrected chi connectivity index (χ3v) is 2.59. The molecule has 1 fully saturated rings. The van der Waals surface area contributed by atoms with E-state index in [1.807, 2.05) is 0 Å². The van der Waals surface area contributed by atoms with E-state index in [4.69, 9.17) is 0 Å². The predicted molar refractivity (Wildman–Crippen MR) is 49.5 cm³/mol. The zero-order valence-corrected chi connectivity index (χ0v) is 8.49. The van der Waals surface area contributed by atoms with Crippen LogP contribution in [-0.4, -0.2) is 50.0 Å². The number of alkyl halides is 4. The van der Waals surface area contributed by atoms with E-state index in [9.17, 15) is 17.6 Å². The van der Waals surface area contributed by atoms with E-state index in [1.54, 1.807) is 4.90 Å². The van der Waals surface area contributed by atoms with Crippen molar-refractivity contribution < 1.29 is 17.6 Å². The van der Waals surface area contributed by atoms with Gasteiger partial charge in [-0.25, -0.2) is 4.39 Å². The van der Waals surface area contributed by atoms with E-state index < -0.39 is 25.3 Å². The van der Waals surface area contributed by atoms with Gasteiger partial charge in [0.25, 0.3) is 0 Å². The van der Waals surface area contributed by atoms with Gasteiger partial charge >= 0.3 is 6.18 Å². The molecule has 0 radical (unpaired) electrons. The Kier molecular flexibility index (Phi) is 4.79. The van der Waals surface area contributed by atoms with Gasteiger partial charge in [0, 0.05) is 25.7 Å². The quantitative estimate of drug-likeness (QED) is 0.738. The number of nitrogens with zero attached hydrogens (tertiary/aromatic N) is 1. The summed E-state index contributed by atoms with van der Waals surface area (Å²) < 4.78 is 48.9. The van der Waals surface area contributed by atoms with Gasteiger partial charge in [0.2, 0.25) is 0 Å². The highest BCUT2D eigenvalue weighted by atomic mass is 19.4. The molecule has 2 nitrogen and oxygen atoms in total. The molecule has 0 aromatic rings. The van der Waals surface area contributed by atoms with Gasteiger partial charge in [0.05, 0.1) is 6.42 Å². The summed E-state index contributed by atoms with van der Waals surface area (Å²) in [6.07, 6.45) is -4.57. The van der Waals surface area contributed by atoms with Crippen LogP contribution in [0.25, 0.3) is 0 Å². The third kappa shape index (κ3) is 4.79. The fourth-order valence-corrected chi connectivity index (χ4v) is 1.88. The first-order valence-electron chi connectivity index (χ1n) is 5.10. The van der Waals surface area contributed by atoms with Crippen molar-refractivity contribution in [2.45, 2.75) is 25.1 Å². The second-order valence-corrected chi connectivity index (χ2v) is 3.74. The Labute approximate surface area is 86.6 Å². The van der Waals surface area contributed by atoms with Gasteiger partial charge in [-0.05, 0) is 13.0 Å². The fraction of sp³-hybridized carbons (Fsp3) is 1.00. The number of nitrogens with one attached hydrogen (secondary N) is 1. The topological polar surface area (TPSA) is 15.3 Å². The van der Waals surface area contributed by atoms with Crippen molar-refractivity contribution >= 4 is 0 Å². The minimum absolute atomic E-state index is 0.0996. The molecule has 0 amide bonds. The first-order chi connectivity index (χ1) is 7.03. The molecule has 0 bridgehead atoms. The van der Waals surface area contributed by atoms with E-state index in [-0.39, 0.29) is 6.54 Å². The molecule has 1 N–H and O–H groups in total. The van der Waals surface area contributed by atoms with Crippen molar-refractivity contribution in [3.63, 3.8) is 0 Å². The highest BCUT2D eigenvalue weighted by molar-refractivity contribution is 4.79. The van der Waals surface area contributed by atoms with Crippen molar-refractivity contribution in [3.8, 4) is 0 Å². The normalized spacial score (nSPS) is 25.2. The Morgan fingerprint density at radius 2 is 2.00 bits per heavy atom. The van der Waals surface area contributed by atoms with Crippen LogP contribution >= 0.6 is 0 Å². The van der Waals surface area contributed by atoms with Gasteiger partial charge in [-0.3, -0.25) is 4.90 Å². The van der Waals surface area contributed by atoms with Crippen molar-refractivity contribution in [1.29, 1.82) is 0 Å². The Bertz CT molecular complexity index is 183. The lowest BCUT2D eigenvalue weighted by molar-refractivity contribution is -0.147. The third-order valence-electron chi connectivity index (χ3n) is 2.59. The molecule has 0 aliphatic carbocycles. The Morgan fingerprint density at radius 3 is 2.60 bits per heavy atom. The van der Waals surface area contributed by atoms with Crippen LogP contribution in [-0.2, 0) is 0 Å². The van der Waals surface area contributed by atoms with Crippen LogP contribution in [0.15, 0.2) is 0 Å². The lowest BCUT2D eigenvalue weighted by Crippen LogP contribution is -2.40. The summed E-state index contributed by atoms with van der Waals surface area (Å²) in [5, 5.41) is 3.02. The second-order valence-electron chi connectivity index (χ2n) is 3.74. The van der Waals surface area contributed by atoms with Crippen molar-refractivity contribution in [1.82, 2.24) is 10.2 Å². The van der Waals surface area contributed by atoms with Gasteiger partial charge in [-0.15, -0.1) is 0 Å². The summed E-state index contributed by atoms with van der Waals surface area (Å²) in [5.74, 6) is 0. The highest BCUT2D eigenvalue weighted by Gasteiger charge is 2.34. The summed E-state index contributed by atoms with van der Waals surface area (Å²) >= 11 is 0. The maximum absolute atomic E-state index is 12.2. The molecule has 1 atom stereocenters. The molecule has 1 rings (SSSR count). The largest absolute Gasteiger partial charge is 0.390 e. The van der Waals surface area contributed by atoms with Crippen LogP contribution in [0.5, 0.6) is 0 Å². The minimum Gasteiger partial charge on any atom is -0.315 e. The Balaban J connectivity index is 2.53. The van der Waals surface area contributed by atoms with Crippen LogP contribution < -0.4 is 5.32 Å². The molecule has 1 unspecified atom stereocenters. The molecule has 0 aromatic carbocycles. The summed E-state index contributed by atoms with van der Waals surface area (Å²) in [7, 11) is 0. The highest BCUT2D eigenvalue weighted by Crippen LogP contribution is 2.25. The van der Waals surface area contributed by atoms with Gasteiger partial charge in [0.15, 0.2) is 0 Å². The standard InChI is InChI=1S/C9H16F4N2/c10-2-5-15-6-4-14-3-1-8(15)7-9(11,12)13/h8,14H,1-7H2. The molecule has 1 aliphatic rings. The monoisotopic (exact) mass is 228 g/mol. The van der Waals surface area contributed by atoms with Gasteiger partial charge in [0.1, 0.15) is 6.67 Å². The van der Waals surface area contributed by atoms with Gasteiger partial charge in [-0.2, -0.15) is 13.2 Å². The Morgan fingerprint density at radius 1 is 1.27 bits per heavy atom. The molecule has 0 saturated carbocycles. The molecule has 0 aromatic heterocycles. The van der Waals surface area contributed by atoms with Crippen LogP contribution in [0.1, 0.15) is 12.8 Å². The maximum atomic E-state index is 12.2. The first-order valence-corrected chi connectivity index (χ1v) is 5.10. The van der Waals surface area contributed by atoms with E-state index >= 15 is 0 Å². The van der Waals surface area contributed by atoms with Crippen molar-refractivity contribution in [2.75, 3.05) is 32.9 Å². The molecule has 90 valence electrons. The molecule has 6 heteroatoms. The van der Waals surface area contributed by atoms with Crippen LogP contribution in [0.4, 0.5) is 17.6 Å². The van der Waals surface area contributed by atoms with E-state index in [0.29, 0.717) is 26.1 Å². The lowest BCUT2D eigenvalue weighted by atomic mass is 10.1. The van der Waals surface area contributed by atoms with Crippen molar-refractivity contribution in [2.24, 2.45) is 0 Å². The molecule has 1 heterocycles. The van der Waals surface area contributed by atoms with E-state index in [2.05, 4.69) is 5.32 Å². The Hall–Kier alpha value is -0.360. The minimum atomic E-state index is -4.16. The molecule has 15 heavy (non-hydrogen) atoms. The lowest BCUT2D eigenvalue weighted by Gasteiger charge is -2.29. The average molecular weight is 228 g/mol. The summed E-state index contributed by atoms with van der Waals surface area (Å²) in [4.78, 5) is 1.59. The molecule has 1 aliphatic heterocycles. The molecule has 0 spiro atoms. The maximum Gasteiger partial charge on any atom is 0.390 e. The average Bonchev–Trinajstić information content (AvgIpc) is 2.30. The number of halogens is 4. The van der Waals surface area contributed by atoms with Gasteiger partial charge in [-0.1, -0.05) is 0 Å². The van der Waals surface area contributed by atoms with Crippen LogP contribution in [0.2, 0.25) is 0 Å². The van der Waals surface area contributed by atoms with Gasteiger partial charge < -0.3 is 5.32 Å². The summed E-state index contributed by atoms with van der Waals surface area (Å²) in [6, 6.07) is -0.573. The zero-order valence-electron chi connectivity index (χ0n) is 8.49.